The van der Waals surface area contributed by atoms with Crippen LogP contribution in [0.15, 0.2) is 16.3 Å². The second-order valence-corrected chi connectivity index (χ2v) is 4.25. The van der Waals surface area contributed by atoms with Crippen LogP contribution in [-0.2, 0) is 4.74 Å². The third-order valence-corrected chi connectivity index (χ3v) is 1.98. The van der Waals surface area contributed by atoms with Gasteiger partial charge in [0.15, 0.2) is 0 Å². The molecule has 0 fully saturated rings. The molecule has 0 amide bonds. The van der Waals surface area contributed by atoms with Crippen LogP contribution in [0.25, 0.3) is 0 Å². The Bertz CT molecular complexity index is 226. The first-order chi connectivity index (χ1) is 6.95. The van der Waals surface area contributed by atoms with E-state index in [9.17, 15) is 0 Å². The number of allylic oxidation sites excluding steroid dienone is 2. The van der Waals surface area contributed by atoms with E-state index in [4.69, 9.17) is 10.5 Å². The van der Waals surface area contributed by atoms with Gasteiger partial charge in [0, 0.05) is 11.9 Å². The van der Waals surface area contributed by atoms with Gasteiger partial charge in [-0.15, -0.1) is 0 Å². The first-order valence-electron chi connectivity index (χ1n) is 5.52. The molecule has 3 heteroatoms. The van der Waals surface area contributed by atoms with Gasteiger partial charge in [0.25, 0.3) is 0 Å². The number of hydrogen-bond donors (Lipinski definition) is 1. The molecule has 0 aliphatic rings. The quantitative estimate of drug-likeness (QED) is 0.543. The van der Waals surface area contributed by atoms with Gasteiger partial charge in [-0.05, 0) is 32.3 Å². The van der Waals surface area contributed by atoms with E-state index >= 15 is 0 Å². The van der Waals surface area contributed by atoms with Crippen molar-refractivity contribution in [1.82, 2.24) is 0 Å². The zero-order chi connectivity index (χ0) is 11.8. The molecule has 2 N–H and O–H groups in total. The van der Waals surface area contributed by atoms with Crippen LogP contribution in [0.3, 0.4) is 0 Å². The van der Waals surface area contributed by atoms with E-state index in [1.807, 2.05) is 27.0 Å². The highest BCUT2D eigenvalue weighted by atomic mass is 16.5. The first kappa shape index (κ1) is 14.2. The van der Waals surface area contributed by atoms with Crippen LogP contribution in [0.5, 0.6) is 0 Å². The maximum absolute atomic E-state index is 5.76. The van der Waals surface area contributed by atoms with Crippen LogP contribution in [-0.4, -0.2) is 25.5 Å². The first-order valence-corrected chi connectivity index (χ1v) is 5.52. The van der Waals surface area contributed by atoms with Crippen LogP contribution < -0.4 is 5.73 Å². The van der Waals surface area contributed by atoms with Crippen molar-refractivity contribution in [3.8, 4) is 0 Å². The van der Waals surface area contributed by atoms with Crippen molar-refractivity contribution in [2.75, 3.05) is 13.2 Å². The van der Waals surface area contributed by atoms with Crippen molar-refractivity contribution in [1.29, 1.82) is 0 Å². The lowest BCUT2D eigenvalue weighted by Gasteiger charge is -2.08. The molecule has 0 aliphatic heterocycles. The zero-order valence-corrected chi connectivity index (χ0v) is 10.6. The lowest BCUT2D eigenvalue weighted by Crippen LogP contribution is -2.08. The minimum Gasteiger partial charge on any atom is -0.402 e. The Morgan fingerprint density at radius 3 is 2.33 bits per heavy atom. The molecule has 3 nitrogen and oxygen atoms in total. The maximum Gasteiger partial charge on any atom is 0.0665 e. The van der Waals surface area contributed by atoms with Crippen molar-refractivity contribution in [3.63, 3.8) is 0 Å². The Kier molecular flexibility index (Phi) is 7.05. The van der Waals surface area contributed by atoms with Crippen LogP contribution in [0.4, 0.5) is 0 Å². The van der Waals surface area contributed by atoms with Gasteiger partial charge in [0.2, 0.25) is 0 Å². The summed E-state index contributed by atoms with van der Waals surface area (Å²) in [5.41, 5.74) is 7.71. The Hall–Kier alpha value is -0.830. The monoisotopic (exact) mass is 212 g/mol. The number of nitrogens with zero attached hydrogens (tertiary/aromatic N) is 1. The molecule has 15 heavy (non-hydrogen) atoms. The standard InChI is InChI=1S/C12H24N2O/c1-9(2)12(11(5)13)8-14-6-7-15-10(3)4/h8-10H,6-7,13H2,1-5H3/b12-11+,14-8?. The zero-order valence-electron chi connectivity index (χ0n) is 10.6. The summed E-state index contributed by atoms with van der Waals surface area (Å²) in [6.07, 6.45) is 2.14. The fourth-order valence-electron chi connectivity index (χ4n) is 1.21. The van der Waals surface area contributed by atoms with Gasteiger partial charge in [0.1, 0.15) is 0 Å². The third kappa shape index (κ3) is 7.14. The van der Waals surface area contributed by atoms with E-state index in [1.54, 1.807) is 0 Å². The van der Waals surface area contributed by atoms with E-state index in [-0.39, 0.29) is 6.10 Å². The molecule has 0 unspecified atom stereocenters. The Morgan fingerprint density at radius 1 is 1.33 bits per heavy atom. The van der Waals surface area contributed by atoms with Gasteiger partial charge >= 0.3 is 0 Å². The molecule has 0 radical (unpaired) electrons. The largest absolute Gasteiger partial charge is 0.402 e. The Balaban J connectivity index is 3.99. The average molecular weight is 212 g/mol. The molecule has 88 valence electrons. The smallest absolute Gasteiger partial charge is 0.0665 e. The lowest BCUT2D eigenvalue weighted by molar-refractivity contribution is 0.0854. The molecule has 0 atom stereocenters. The summed E-state index contributed by atoms with van der Waals surface area (Å²) < 4.78 is 5.38. The van der Waals surface area contributed by atoms with Crippen molar-refractivity contribution in [3.05, 3.63) is 11.3 Å². The van der Waals surface area contributed by atoms with Crippen LogP contribution in [0.1, 0.15) is 34.6 Å². The number of nitrogens with two attached hydrogens (primary N) is 1. The van der Waals surface area contributed by atoms with E-state index < -0.39 is 0 Å². The maximum atomic E-state index is 5.76. The summed E-state index contributed by atoms with van der Waals surface area (Å²) in [4.78, 5) is 4.30. The highest BCUT2D eigenvalue weighted by Gasteiger charge is 2.02. The van der Waals surface area contributed by atoms with E-state index in [1.165, 1.54) is 0 Å². The van der Waals surface area contributed by atoms with Gasteiger partial charge in [-0.25, -0.2) is 0 Å². The van der Waals surface area contributed by atoms with Crippen molar-refractivity contribution >= 4 is 6.21 Å². The molecule has 0 aromatic rings. The molecule has 0 aromatic carbocycles. The Morgan fingerprint density at radius 2 is 1.93 bits per heavy atom. The number of aliphatic imine (C=N–C) groups is 1. The minimum atomic E-state index is 0.275. The van der Waals surface area contributed by atoms with Gasteiger partial charge in [-0.3, -0.25) is 4.99 Å². The topological polar surface area (TPSA) is 47.6 Å². The van der Waals surface area contributed by atoms with E-state index in [0.717, 1.165) is 11.3 Å². The molecule has 0 saturated carbocycles. The van der Waals surface area contributed by atoms with Crippen molar-refractivity contribution in [2.24, 2.45) is 16.6 Å². The normalized spacial score (nSPS) is 14.1. The SMILES string of the molecule is C/C(N)=C(/C=NCCOC(C)C)C(C)C. The van der Waals surface area contributed by atoms with Crippen molar-refractivity contribution in [2.45, 2.75) is 40.7 Å². The molecule has 0 heterocycles. The molecule has 0 aromatic heterocycles. The molecular weight excluding hydrogens is 188 g/mol. The fraction of sp³-hybridized carbons (Fsp3) is 0.750. The summed E-state index contributed by atoms with van der Waals surface area (Å²) in [5, 5.41) is 0. The molecule has 0 spiro atoms. The summed E-state index contributed by atoms with van der Waals surface area (Å²) in [6.45, 7) is 11.5. The minimum absolute atomic E-state index is 0.275. The summed E-state index contributed by atoms with van der Waals surface area (Å²) in [5.74, 6) is 0.421. The van der Waals surface area contributed by atoms with E-state index in [0.29, 0.717) is 19.1 Å². The summed E-state index contributed by atoms with van der Waals surface area (Å²) >= 11 is 0. The van der Waals surface area contributed by atoms with Gasteiger partial charge in [-0.1, -0.05) is 13.8 Å². The van der Waals surface area contributed by atoms with Gasteiger partial charge in [0.05, 0.1) is 19.3 Å². The average Bonchev–Trinajstić information content (AvgIpc) is 2.08. The predicted molar refractivity (Wildman–Crippen MR) is 66.2 cm³/mol. The molecule has 0 saturated heterocycles. The number of ether oxygens (including phenoxy) is 1. The molecule has 0 aliphatic carbocycles. The van der Waals surface area contributed by atoms with Gasteiger partial charge in [-0.2, -0.15) is 0 Å². The summed E-state index contributed by atoms with van der Waals surface area (Å²) in [7, 11) is 0. The van der Waals surface area contributed by atoms with E-state index in [2.05, 4.69) is 18.8 Å². The van der Waals surface area contributed by atoms with Crippen LogP contribution >= 0.6 is 0 Å². The third-order valence-electron chi connectivity index (χ3n) is 1.98. The second kappa shape index (κ2) is 7.46. The number of rotatable bonds is 6. The van der Waals surface area contributed by atoms with Gasteiger partial charge < -0.3 is 10.5 Å². The highest BCUT2D eigenvalue weighted by Crippen LogP contribution is 2.09. The Labute approximate surface area is 93.4 Å². The number of hydrogen-bond acceptors (Lipinski definition) is 3. The van der Waals surface area contributed by atoms with Crippen LogP contribution in [0, 0.1) is 5.92 Å². The summed E-state index contributed by atoms with van der Waals surface area (Å²) in [6, 6.07) is 0. The lowest BCUT2D eigenvalue weighted by atomic mass is 10.0. The predicted octanol–water partition coefficient (Wildman–Crippen LogP) is 2.37. The highest BCUT2D eigenvalue weighted by molar-refractivity contribution is 5.79. The second-order valence-electron chi connectivity index (χ2n) is 4.25. The molecule has 0 rings (SSSR count). The van der Waals surface area contributed by atoms with Crippen LogP contribution in [0.2, 0.25) is 0 Å². The molecular formula is C12H24N2O. The van der Waals surface area contributed by atoms with Crippen molar-refractivity contribution < 1.29 is 4.74 Å². The molecule has 0 bridgehead atoms. The fourth-order valence-corrected chi connectivity index (χ4v) is 1.21.